The maximum absolute atomic E-state index is 12.2. The van der Waals surface area contributed by atoms with Crippen molar-refractivity contribution < 1.29 is 19.4 Å². The number of aryl methyl sites for hydroxylation is 1. The largest absolute Gasteiger partial charge is 0.497 e. The zero-order chi connectivity index (χ0) is 20.1. The zero-order valence-electron chi connectivity index (χ0n) is 15.5. The van der Waals surface area contributed by atoms with Crippen molar-refractivity contribution in [1.29, 1.82) is 0 Å². The minimum atomic E-state index is -0.803. The molecule has 1 aromatic heterocycles. The van der Waals surface area contributed by atoms with Gasteiger partial charge in [-0.05, 0) is 24.1 Å². The molecule has 0 bridgehead atoms. The molecular formula is C19H23N3O6. The molecular weight excluding hydrogens is 366 g/mol. The Balaban J connectivity index is 1.57. The third kappa shape index (κ3) is 4.87. The van der Waals surface area contributed by atoms with Crippen LogP contribution in [0.2, 0.25) is 0 Å². The number of aromatic amines is 1. The fraction of sp³-hybridized carbons (Fsp3) is 0.421. The van der Waals surface area contributed by atoms with E-state index in [4.69, 9.17) is 9.47 Å². The van der Waals surface area contributed by atoms with E-state index in [-0.39, 0.29) is 19.0 Å². The molecule has 3 N–H and O–H groups in total. The van der Waals surface area contributed by atoms with E-state index >= 15 is 0 Å². The summed E-state index contributed by atoms with van der Waals surface area (Å²) in [6.07, 6.45) is 0.375. The lowest BCUT2D eigenvalue weighted by molar-refractivity contribution is -0.154. The number of benzene rings is 1. The van der Waals surface area contributed by atoms with Gasteiger partial charge < -0.3 is 24.5 Å². The summed E-state index contributed by atoms with van der Waals surface area (Å²) < 4.78 is 11.8. The number of aliphatic hydroxyl groups excluding tert-OH is 1. The third-order valence-electron chi connectivity index (χ3n) is 4.70. The number of β-amino-alcohol motifs (C(OH)–C–C–N with tert-alkyl or cyclic N) is 1. The summed E-state index contributed by atoms with van der Waals surface area (Å²) in [6.45, 7) is 0.409. The molecule has 150 valence electrons. The van der Waals surface area contributed by atoms with E-state index < -0.39 is 29.4 Å². The summed E-state index contributed by atoms with van der Waals surface area (Å²) in [7, 11) is 1.60. The molecule has 3 rings (SSSR count). The normalized spacial score (nSPS) is 21.4. The van der Waals surface area contributed by atoms with E-state index in [1.165, 1.54) is 16.8 Å². The van der Waals surface area contributed by atoms with E-state index in [1.54, 1.807) is 7.11 Å². The first kappa shape index (κ1) is 19.8. The lowest BCUT2D eigenvalue weighted by Crippen LogP contribution is -2.39. The number of carbonyl (C=O) groups is 1. The predicted molar refractivity (Wildman–Crippen MR) is 100 cm³/mol. The van der Waals surface area contributed by atoms with E-state index in [1.807, 2.05) is 24.3 Å². The van der Waals surface area contributed by atoms with Crippen LogP contribution in [-0.2, 0) is 22.5 Å². The van der Waals surface area contributed by atoms with Crippen molar-refractivity contribution >= 4 is 5.97 Å². The Bertz CT molecular complexity index is 920. The number of methoxy groups -OCH3 is 1. The highest BCUT2D eigenvalue weighted by Crippen LogP contribution is 2.19. The Morgan fingerprint density at radius 2 is 2.00 bits per heavy atom. The van der Waals surface area contributed by atoms with Crippen molar-refractivity contribution in [1.82, 2.24) is 14.9 Å². The number of carbonyl (C=O) groups excluding carboxylic acids is 1. The third-order valence-corrected chi connectivity index (χ3v) is 4.70. The van der Waals surface area contributed by atoms with Crippen molar-refractivity contribution in [2.75, 3.05) is 13.7 Å². The first-order valence-electron chi connectivity index (χ1n) is 9.00. The molecule has 3 atom stereocenters. The summed E-state index contributed by atoms with van der Waals surface area (Å²) in [5.41, 5.74) is -0.0566. The molecule has 1 aliphatic heterocycles. The van der Waals surface area contributed by atoms with Crippen molar-refractivity contribution in [3.05, 3.63) is 62.9 Å². The van der Waals surface area contributed by atoms with E-state index in [9.17, 15) is 19.5 Å². The SMILES string of the molecule is COc1ccc(C[C@H]2NC[C@H](O)[C@H]2OC(=O)CCn2ccc(=O)[nH]c2=O)cc1. The number of esters is 1. The molecule has 1 saturated heterocycles. The molecule has 1 fully saturated rings. The molecule has 2 aromatic rings. The van der Waals surface area contributed by atoms with Crippen LogP contribution in [0.5, 0.6) is 5.75 Å². The van der Waals surface area contributed by atoms with Gasteiger partial charge in [0.05, 0.1) is 19.6 Å². The number of ether oxygens (including phenoxy) is 2. The van der Waals surface area contributed by atoms with E-state index in [0.717, 1.165) is 11.3 Å². The molecule has 0 amide bonds. The van der Waals surface area contributed by atoms with Gasteiger partial charge in [-0.1, -0.05) is 12.1 Å². The average Bonchev–Trinajstić information content (AvgIpc) is 3.01. The summed E-state index contributed by atoms with van der Waals surface area (Å²) in [6, 6.07) is 8.54. The average molecular weight is 389 g/mol. The molecule has 9 heteroatoms. The Morgan fingerprint density at radius 3 is 2.68 bits per heavy atom. The number of nitrogens with one attached hydrogen (secondary N) is 2. The number of H-pyrrole nitrogens is 1. The first-order valence-corrected chi connectivity index (χ1v) is 9.00. The van der Waals surface area contributed by atoms with Gasteiger partial charge in [0, 0.05) is 25.4 Å². The van der Waals surface area contributed by atoms with Gasteiger partial charge in [-0.25, -0.2) is 4.79 Å². The molecule has 0 spiro atoms. The number of hydrogen-bond donors (Lipinski definition) is 3. The van der Waals surface area contributed by atoms with E-state index in [2.05, 4.69) is 10.3 Å². The van der Waals surface area contributed by atoms with Crippen molar-refractivity contribution in [3.63, 3.8) is 0 Å². The molecule has 0 saturated carbocycles. The summed E-state index contributed by atoms with van der Waals surface area (Å²) in [5.74, 6) is 0.231. The molecule has 2 heterocycles. The molecule has 0 aliphatic carbocycles. The van der Waals surface area contributed by atoms with Crippen molar-refractivity contribution in [3.8, 4) is 5.75 Å². The van der Waals surface area contributed by atoms with Gasteiger partial charge in [-0.3, -0.25) is 14.6 Å². The second-order valence-corrected chi connectivity index (χ2v) is 6.64. The predicted octanol–water partition coefficient (Wildman–Crippen LogP) is -0.577. The van der Waals surface area contributed by atoms with Crippen LogP contribution >= 0.6 is 0 Å². The van der Waals surface area contributed by atoms with Crippen LogP contribution in [-0.4, -0.2) is 52.5 Å². The Kier molecular flexibility index (Phi) is 6.27. The highest BCUT2D eigenvalue weighted by atomic mass is 16.6. The molecule has 1 aromatic carbocycles. The number of rotatable bonds is 7. The number of aliphatic hydroxyl groups is 1. The maximum Gasteiger partial charge on any atom is 0.328 e. The standard InChI is InChI=1S/C19H23N3O6/c1-27-13-4-2-12(3-5-13)10-14-18(15(23)11-20-14)28-17(25)7-9-22-8-6-16(24)21-19(22)26/h2-6,8,14-15,18,20,23H,7,9-11H2,1H3,(H,21,24,26)/t14-,15+,18+/m1/s1. The molecule has 0 radical (unpaired) electrons. The molecule has 1 aliphatic rings. The van der Waals surface area contributed by atoms with Crippen LogP contribution in [0.25, 0.3) is 0 Å². The second-order valence-electron chi connectivity index (χ2n) is 6.64. The fourth-order valence-corrected chi connectivity index (χ4v) is 3.18. The number of aromatic nitrogens is 2. The highest BCUT2D eigenvalue weighted by molar-refractivity contribution is 5.69. The first-order chi connectivity index (χ1) is 13.5. The van der Waals surface area contributed by atoms with Crippen LogP contribution < -0.4 is 21.3 Å². The number of hydrogen-bond acceptors (Lipinski definition) is 7. The lowest BCUT2D eigenvalue weighted by atomic mass is 10.0. The van der Waals surface area contributed by atoms with Crippen molar-refractivity contribution in [2.24, 2.45) is 0 Å². The summed E-state index contributed by atoms with van der Waals surface area (Å²) in [5, 5.41) is 13.3. The highest BCUT2D eigenvalue weighted by Gasteiger charge is 2.37. The Morgan fingerprint density at radius 1 is 1.25 bits per heavy atom. The van der Waals surface area contributed by atoms with Crippen LogP contribution in [0.1, 0.15) is 12.0 Å². The topological polar surface area (TPSA) is 123 Å². The van der Waals surface area contributed by atoms with Crippen LogP contribution in [0.4, 0.5) is 0 Å². The Hall–Kier alpha value is -2.91. The monoisotopic (exact) mass is 389 g/mol. The van der Waals surface area contributed by atoms with Crippen LogP contribution in [0, 0.1) is 0 Å². The van der Waals surface area contributed by atoms with Crippen LogP contribution in [0.15, 0.2) is 46.1 Å². The van der Waals surface area contributed by atoms with Gasteiger partial charge in [-0.15, -0.1) is 0 Å². The smallest absolute Gasteiger partial charge is 0.328 e. The molecule has 0 unspecified atom stereocenters. The van der Waals surface area contributed by atoms with E-state index in [0.29, 0.717) is 13.0 Å². The minimum Gasteiger partial charge on any atom is -0.497 e. The summed E-state index contributed by atoms with van der Waals surface area (Å²) >= 11 is 0. The maximum atomic E-state index is 12.2. The number of nitrogens with zero attached hydrogens (tertiary/aromatic N) is 1. The van der Waals surface area contributed by atoms with Gasteiger partial charge in [0.2, 0.25) is 0 Å². The summed E-state index contributed by atoms with van der Waals surface area (Å²) in [4.78, 5) is 37.1. The molecule has 28 heavy (non-hydrogen) atoms. The van der Waals surface area contributed by atoms with Gasteiger partial charge in [0.1, 0.15) is 18.0 Å². The van der Waals surface area contributed by atoms with Crippen LogP contribution in [0.3, 0.4) is 0 Å². The zero-order valence-corrected chi connectivity index (χ0v) is 15.5. The second kappa shape index (κ2) is 8.85. The van der Waals surface area contributed by atoms with Gasteiger partial charge in [-0.2, -0.15) is 0 Å². The van der Waals surface area contributed by atoms with Gasteiger partial charge >= 0.3 is 11.7 Å². The minimum absolute atomic E-state index is 0.0512. The van der Waals surface area contributed by atoms with Crippen molar-refractivity contribution in [2.45, 2.75) is 37.6 Å². The molecule has 9 nitrogen and oxygen atoms in total. The fourth-order valence-electron chi connectivity index (χ4n) is 3.18. The lowest BCUT2D eigenvalue weighted by Gasteiger charge is -2.22. The van der Waals surface area contributed by atoms with Gasteiger partial charge in [0.15, 0.2) is 0 Å². The quantitative estimate of drug-likeness (QED) is 0.542. The Labute approximate surface area is 160 Å². The van der Waals surface area contributed by atoms with Gasteiger partial charge in [0.25, 0.3) is 5.56 Å².